The van der Waals surface area contributed by atoms with Crippen molar-refractivity contribution in [3.63, 3.8) is 0 Å². The molecule has 0 amide bonds. The molecule has 0 aliphatic carbocycles. The number of carbonyl (C=O) groups is 1. The quantitative estimate of drug-likeness (QED) is 0.596. The second-order valence-corrected chi connectivity index (χ2v) is 6.75. The van der Waals surface area contributed by atoms with Crippen molar-refractivity contribution in [3.05, 3.63) is 0 Å². The van der Waals surface area contributed by atoms with E-state index in [1.54, 1.807) is 0 Å². The lowest BCUT2D eigenvalue weighted by atomic mass is 10.1. The molecule has 1 heterocycles. The Bertz CT molecular complexity index is 252. The Morgan fingerprint density at radius 2 is 1.55 bits per heavy atom. The lowest BCUT2D eigenvalue weighted by molar-refractivity contribution is -0.912. The van der Waals surface area contributed by atoms with Crippen LogP contribution in [-0.2, 0) is 4.79 Å². The first-order valence-corrected chi connectivity index (χ1v) is 9.63. The van der Waals surface area contributed by atoms with Crippen LogP contribution in [0.1, 0.15) is 97.8 Å². The van der Waals surface area contributed by atoms with Crippen LogP contribution >= 0.6 is 0 Å². The molecule has 1 aliphatic rings. The van der Waals surface area contributed by atoms with Crippen LogP contribution in [0.3, 0.4) is 0 Å². The molecule has 3 nitrogen and oxygen atoms in total. The SMILES string of the molecule is CC(=O)[O-].CCCCCCCCCC[NH+]1CCCC1CCC. The molecule has 0 saturated carbocycles. The number of rotatable bonds is 11. The van der Waals surface area contributed by atoms with Crippen molar-refractivity contribution in [1.29, 1.82) is 0 Å². The number of aliphatic carboxylic acids is 1. The smallest absolute Gasteiger partial charge is 0.0876 e. The van der Waals surface area contributed by atoms with Crippen LogP contribution in [0.25, 0.3) is 0 Å². The first-order chi connectivity index (χ1) is 10.6. The number of hydrogen-bond donors (Lipinski definition) is 1. The number of carboxylic acids is 1. The van der Waals surface area contributed by atoms with Gasteiger partial charge in [-0.3, -0.25) is 0 Å². The van der Waals surface area contributed by atoms with E-state index in [1.165, 1.54) is 90.1 Å². The molecule has 1 N–H and O–H groups in total. The maximum atomic E-state index is 8.89. The Labute approximate surface area is 138 Å². The van der Waals surface area contributed by atoms with E-state index in [0.29, 0.717) is 0 Å². The molecule has 22 heavy (non-hydrogen) atoms. The lowest BCUT2D eigenvalue weighted by Crippen LogP contribution is -3.13. The van der Waals surface area contributed by atoms with E-state index in [-0.39, 0.29) is 0 Å². The van der Waals surface area contributed by atoms with Crippen LogP contribution in [0, 0.1) is 0 Å². The molecular formula is C19H39NO2. The van der Waals surface area contributed by atoms with Crippen LogP contribution in [0.5, 0.6) is 0 Å². The topological polar surface area (TPSA) is 44.6 Å². The van der Waals surface area contributed by atoms with Crippen molar-refractivity contribution in [1.82, 2.24) is 0 Å². The standard InChI is InChI=1S/C17H35N.C2H4O2/c1-3-5-6-7-8-9-10-11-15-18-16-12-14-17(18)13-4-2;1-2(3)4/h17H,3-16H2,1-2H3;1H3,(H,3,4). The summed E-state index contributed by atoms with van der Waals surface area (Å²) in [5.74, 6) is -1.08. The molecule has 0 spiro atoms. The minimum absolute atomic E-state index is 0.972. The lowest BCUT2D eigenvalue weighted by Gasteiger charge is -2.21. The monoisotopic (exact) mass is 313 g/mol. The van der Waals surface area contributed by atoms with Gasteiger partial charge in [0, 0.05) is 18.8 Å². The van der Waals surface area contributed by atoms with Gasteiger partial charge in [-0.2, -0.15) is 0 Å². The fourth-order valence-corrected chi connectivity index (χ4v) is 3.50. The van der Waals surface area contributed by atoms with Crippen LogP contribution in [0.4, 0.5) is 0 Å². The Morgan fingerprint density at radius 3 is 2.09 bits per heavy atom. The van der Waals surface area contributed by atoms with Crippen molar-refractivity contribution in [2.75, 3.05) is 13.1 Å². The molecule has 1 fully saturated rings. The fourth-order valence-electron chi connectivity index (χ4n) is 3.50. The third kappa shape index (κ3) is 13.1. The number of carbonyl (C=O) groups excluding carboxylic acids is 1. The number of carboxylic acid groups (broad SMARTS) is 1. The molecule has 1 saturated heterocycles. The van der Waals surface area contributed by atoms with Gasteiger partial charge in [0.15, 0.2) is 0 Å². The second-order valence-electron chi connectivity index (χ2n) is 6.75. The molecular weight excluding hydrogens is 274 g/mol. The van der Waals surface area contributed by atoms with Crippen LogP contribution in [0.2, 0.25) is 0 Å². The highest BCUT2D eigenvalue weighted by molar-refractivity contribution is 5.60. The number of likely N-dealkylation sites (tertiary alicyclic amines) is 1. The summed E-state index contributed by atoms with van der Waals surface area (Å²) in [6.45, 7) is 8.53. The van der Waals surface area contributed by atoms with Gasteiger partial charge < -0.3 is 14.8 Å². The molecule has 1 aliphatic heterocycles. The predicted molar refractivity (Wildman–Crippen MR) is 91.9 cm³/mol. The minimum Gasteiger partial charge on any atom is -0.550 e. The summed E-state index contributed by atoms with van der Waals surface area (Å²) in [6, 6.07) is 1.01. The molecule has 132 valence electrons. The Morgan fingerprint density at radius 1 is 1.00 bits per heavy atom. The third-order valence-corrected chi connectivity index (χ3v) is 4.62. The summed E-state index contributed by atoms with van der Waals surface area (Å²) in [4.78, 5) is 10.8. The van der Waals surface area contributed by atoms with Gasteiger partial charge in [-0.05, 0) is 26.2 Å². The van der Waals surface area contributed by atoms with Crippen molar-refractivity contribution in [2.45, 2.75) is 104 Å². The summed E-state index contributed by atoms with van der Waals surface area (Å²) >= 11 is 0. The van der Waals surface area contributed by atoms with Gasteiger partial charge in [-0.25, -0.2) is 0 Å². The summed E-state index contributed by atoms with van der Waals surface area (Å²) in [5.41, 5.74) is 0. The predicted octanol–water partition coefficient (Wildman–Crippen LogP) is 2.73. The van der Waals surface area contributed by atoms with E-state index < -0.39 is 5.97 Å². The highest BCUT2D eigenvalue weighted by Gasteiger charge is 2.26. The van der Waals surface area contributed by atoms with E-state index in [0.717, 1.165) is 13.0 Å². The number of unbranched alkanes of at least 4 members (excludes halogenated alkanes) is 7. The molecule has 0 radical (unpaired) electrons. The molecule has 0 bridgehead atoms. The van der Waals surface area contributed by atoms with Crippen molar-refractivity contribution in [3.8, 4) is 0 Å². The van der Waals surface area contributed by atoms with Crippen molar-refractivity contribution >= 4 is 5.97 Å². The molecule has 3 heteroatoms. The van der Waals surface area contributed by atoms with E-state index in [4.69, 9.17) is 9.90 Å². The summed E-state index contributed by atoms with van der Waals surface area (Å²) < 4.78 is 0. The number of quaternary nitrogens is 1. The zero-order valence-electron chi connectivity index (χ0n) is 15.3. The van der Waals surface area contributed by atoms with Gasteiger partial charge in [-0.1, -0.05) is 58.8 Å². The maximum absolute atomic E-state index is 8.89. The largest absolute Gasteiger partial charge is 0.550 e. The van der Waals surface area contributed by atoms with Gasteiger partial charge in [0.2, 0.25) is 0 Å². The molecule has 1 rings (SSSR count). The van der Waals surface area contributed by atoms with Gasteiger partial charge in [-0.15, -0.1) is 0 Å². The van der Waals surface area contributed by atoms with Crippen LogP contribution < -0.4 is 10.0 Å². The second kappa shape index (κ2) is 15.3. The minimum atomic E-state index is -1.08. The zero-order valence-corrected chi connectivity index (χ0v) is 15.3. The van der Waals surface area contributed by atoms with Gasteiger partial charge in [0.25, 0.3) is 0 Å². The molecule has 2 unspecified atom stereocenters. The van der Waals surface area contributed by atoms with Gasteiger partial charge >= 0.3 is 0 Å². The average Bonchev–Trinajstić information content (AvgIpc) is 2.89. The zero-order chi connectivity index (χ0) is 16.6. The highest BCUT2D eigenvalue weighted by atomic mass is 16.4. The third-order valence-electron chi connectivity index (χ3n) is 4.62. The normalized spacial score (nSPS) is 20.5. The first-order valence-electron chi connectivity index (χ1n) is 9.63. The molecule has 2 atom stereocenters. The van der Waals surface area contributed by atoms with Gasteiger partial charge in [0.05, 0.1) is 19.1 Å². The van der Waals surface area contributed by atoms with E-state index in [9.17, 15) is 0 Å². The van der Waals surface area contributed by atoms with E-state index in [2.05, 4.69) is 13.8 Å². The fraction of sp³-hybridized carbons (Fsp3) is 0.947. The van der Waals surface area contributed by atoms with Crippen LogP contribution in [-0.4, -0.2) is 25.1 Å². The van der Waals surface area contributed by atoms with E-state index in [1.807, 2.05) is 4.90 Å². The Hall–Kier alpha value is -0.570. The summed E-state index contributed by atoms with van der Waals surface area (Å²) in [6.07, 6.45) is 17.5. The Kier molecular flexibility index (Phi) is 14.9. The highest BCUT2D eigenvalue weighted by Crippen LogP contribution is 2.09. The molecule has 0 aromatic rings. The molecule has 0 aromatic carbocycles. The van der Waals surface area contributed by atoms with Crippen LogP contribution in [0.15, 0.2) is 0 Å². The van der Waals surface area contributed by atoms with E-state index >= 15 is 0 Å². The van der Waals surface area contributed by atoms with Gasteiger partial charge in [0.1, 0.15) is 0 Å². The molecule has 0 aromatic heterocycles. The van der Waals surface area contributed by atoms with Crippen molar-refractivity contribution in [2.24, 2.45) is 0 Å². The maximum Gasteiger partial charge on any atom is 0.0876 e. The number of nitrogens with one attached hydrogen (secondary N) is 1. The average molecular weight is 314 g/mol. The van der Waals surface area contributed by atoms with Crippen molar-refractivity contribution < 1.29 is 14.8 Å². The Balaban J connectivity index is 0.000000980. The summed E-state index contributed by atoms with van der Waals surface area (Å²) in [5, 5.41) is 8.89. The first kappa shape index (κ1) is 21.4. The number of hydrogen-bond acceptors (Lipinski definition) is 2. The summed E-state index contributed by atoms with van der Waals surface area (Å²) in [7, 11) is 0.